The Morgan fingerprint density at radius 3 is 2.64 bits per heavy atom. The van der Waals surface area contributed by atoms with Gasteiger partial charge in [0.2, 0.25) is 0 Å². The molecule has 0 aliphatic carbocycles. The molecule has 2 aromatic rings. The van der Waals surface area contributed by atoms with E-state index in [2.05, 4.69) is 26.6 Å². The smallest absolute Gasteiger partial charge is 0.319 e. The van der Waals surface area contributed by atoms with Crippen molar-refractivity contribution in [1.82, 2.24) is 5.32 Å². The minimum Gasteiger partial charge on any atom is -0.493 e. The summed E-state index contributed by atoms with van der Waals surface area (Å²) in [5, 5.41) is 5.60. The van der Waals surface area contributed by atoms with Gasteiger partial charge in [-0.1, -0.05) is 30.3 Å². The van der Waals surface area contributed by atoms with E-state index in [-0.39, 0.29) is 6.03 Å². The van der Waals surface area contributed by atoms with E-state index in [1.54, 1.807) is 0 Å². The van der Waals surface area contributed by atoms with Crippen molar-refractivity contribution in [1.29, 1.82) is 0 Å². The molecule has 4 nitrogen and oxygen atoms in total. The lowest BCUT2D eigenvalue weighted by Crippen LogP contribution is -2.30. The SMILES string of the molecule is Cc1ccccc1OCCCNC(=O)Nc1ccccc1Br. The maximum Gasteiger partial charge on any atom is 0.319 e. The minimum absolute atomic E-state index is 0.220. The molecular weight excluding hydrogens is 344 g/mol. The first-order valence-electron chi connectivity index (χ1n) is 7.14. The lowest BCUT2D eigenvalue weighted by molar-refractivity contribution is 0.250. The van der Waals surface area contributed by atoms with Crippen LogP contribution in [-0.2, 0) is 0 Å². The van der Waals surface area contributed by atoms with Crippen LogP contribution < -0.4 is 15.4 Å². The monoisotopic (exact) mass is 362 g/mol. The van der Waals surface area contributed by atoms with Crippen molar-refractivity contribution in [2.45, 2.75) is 13.3 Å². The third-order valence-electron chi connectivity index (χ3n) is 3.08. The highest BCUT2D eigenvalue weighted by atomic mass is 79.9. The van der Waals surface area contributed by atoms with Crippen LogP contribution in [0.4, 0.5) is 10.5 Å². The minimum atomic E-state index is -0.220. The van der Waals surface area contributed by atoms with Gasteiger partial charge in [-0.3, -0.25) is 0 Å². The fourth-order valence-corrected chi connectivity index (χ4v) is 2.29. The highest BCUT2D eigenvalue weighted by Crippen LogP contribution is 2.20. The lowest BCUT2D eigenvalue weighted by Gasteiger charge is -2.10. The van der Waals surface area contributed by atoms with Crippen LogP contribution in [0.15, 0.2) is 53.0 Å². The largest absolute Gasteiger partial charge is 0.493 e. The molecule has 0 aliphatic rings. The summed E-state index contributed by atoms with van der Waals surface area (Å²) < 4.78 is 6.53. The van der Waals surface area contributed by atoms with Crippen LogP contribution in [-0.4, -0.2) is 19.2 Å². The molecule has 0 radical (unpaired) electrons. The Bertz CT molecular complexity index is 632. The van der Waals surface area contributed by atoms with Crippen molar-refractivity contribution in [3.8, 4) is 5.75 Å². The summed E-state index contributed by atoms with van der Waals surface area (Å²) in [4.78, 5) is 11.8. The first-order chi connectivity index (χ1) is 10.7. The molecule has 2 aromatic carbocycles. The number of amides is 2. The predicted molar refractivity (Wildman–Crippen MR) is 92.5 cm³/mol. The number of carbonyl (C=O) groups excluding carboxylic acids is 1. The molecule has 0 saturated heterocycles. The van der Waals surface area contributed by atoms with E-state index in [0.717, 1.165) is 27.9 Å². The number of nitrogens with one attached hydrogen (secondary N) is 2. The van der Waals surface area contributed by atoms with Crippen molar-refractivity contribution < 1.29 is 9.53 Å². The van der Waals surface area contributed by atoms with E-state index in [1.165, 1.54) is 0 Å². The zero-order chi connectivity index (χ0) is 15.8. The molecule has 0 aromatic heterocycles. The Morgan fingerprint density at radius 1 is 1.14 bits per heavy atom. The van der Waals surface area contributed by atoms with Gasteiger partial charge >= 0.3 is 6.03 Å². The Hall–Kier alpha value is -2.01. The van der Waals surface area contributed by atoms with Crippen LogP contribution in [0, 0.1) is 6.92 Å². The second kappa shape index (κ2) is 8.44. The summed E-state index contributed by atoms with van der Waals surface area (Å²) >= 11 is 3.39. The summed E-state index contributed by atoms with van der Waals surface area (Å²) in [6.07, 6.45) is 0.748. The number of hydrogen-bond acceptors (Lipinski definition) is 2. The highest BCUT2D eigenvalue weighted by Gasteiger charge is 2.04. The second-order valence-electron chi connectivity index (χ2n) is 4.83. The van der Waals surface area contributed by atoms with Crippen LogP contribution in [0.25, 0.3) is 0 Å². The summed E-state index contributed by atoms with van der Waals surface area (Å²) in [5.41, 5.74) is 1.86. The molecule has 0 saturated carbocycles. The number of urea groups is 1. The molecule has 0 fully saturated rings. The molecule has 116 valence electrons. The standard InChI is InChI=1S/C17H19BrN2O2/c1-13-7-2-5-10-16(13)22-12-6-11-19-17(21)20-15-9-4-3-8-14(15)18/h2-5,7-10H,6,11-12H2,1H3,(H2,19,20,21). The van der Waals surface area contributed by atoms with E-state index >= 15 is 0 Å². The van der Waals surface area contributed by atoms with Crippen molar-refractivity contribution in [2.75, 3.05) is 18.5 Å². The maximum absolute atomic E-state index is 11.8. The maximum atomic E-state index is 11.8. The normalized spacial score (nSPS) is 10.1. The van der Waals surface area contributed by atoms with Crippen molar-refractivity contribution in [3.63, 3.8) is 0 Å². The number of rotatable bonds is 6. The summed E-state index contributed by atoms with van der Waals surface area (Å²) in [5.74, 6) is 0.889. The van der Waals surface area contributed by atoms with Gasteiger partial charge in [0.05, 0.1) is 12.3 Å². The quantitative estimate of drug-likeness (QED) is 0.750. The van der Waals surface area contributed by atoms with Crippen LogP contribution >= 0.6 is 15.9 Å². The number of hydrogen-bond donors (Lipinski definition) is 2. The predicted octanol–water partition coefficient (Wildman–Crippen LogP) is 4.35. The molecule has 2 amide bonds. The summed E-state index contributed by atoms with van der Waals surface area (Å²) in [7, 11) is 0. The lowest BCUT2D eigenvalue weighted by atomic mass is 10.2. The van der Waals surface area contributed by atoms with Crippen molar-refractivity contribution in [3.05, 3.63) is 58.6 Å². The third-order valence-corrected chi connectivity index (χ3v) is 3.77. The van der Waals surface area contributed by atoms with Crippen LogP contribution in [0.5, 0.6) is 5.75 Å². The van der Waals surface area contributed by atoms with E-state index < -0.39 is 0 Å². The van der Waals surface area contributed by atoms with Crippen LogP contribution in [0.2, 0.25) is 0 Å². The van der Waals surface area contributed by atoms with Gasteiger partial charge < -0.3 is 15.4 Å². The van der Waals surface area contributed by atoms with Gasteiger partial charge in [0.1, 0.15) is 5.75 Å². The topological polar surface area (TPSA) is 50.4 Å². The number of benzene rings is 2. The Kier molecular flexibility index (Phi) is 6.27. The third kappa shape index (κ3) is 5.07. The molecule has 0 heterocycles. The van der Waals surface area contributed by atoms with Crippen molar-refractivity contribution in [2.24, 2.45) is 0 Å². The molecule has 0 spiro atoms. The molecule has 0 unspecified atom stereocenters. The highest BCUT2D eigenvalue weighted by molar-refractivity contribution is 9.10. The first-order valence-corrected chi connectivity index (χ1v) is 7.94. The van der Waals surface area contributed by atoms with Gasteiger partial charge in [0.15, 0.2) is 0 Å². The molecule has 2 N–H and O–H groups in total. The van der Waals surface area contributed by atoms with Gasteiger partial charge in [-0.2, -0.15) is 0 Å². The molecule has 0 aliphatic heterocycles. The Morgan fingerprint density at radius 2 is 1.86 bits per heavy atom. The summed E-state index contributed by atoms with van der Waals surface area (Å²) in [6.45, 7) is 3.14. The molecular formula is C17H19BrN2O2. The van der Waals surface area contributed by atoms with Gasteiger partial charge in [0.25, 0.3) is 0 Å². The zero-order valence-corrected chi connectivity index (χ0v) is 14.0. The van der Waals surface area contributed by atoms with E-state index in [1.807, 2.05) is 55.5 Å². The number of halogens is 1. The fourth-order valence-electron chi connectivity index (χ4n) is 1.90. The van der Waals surface area contributed by atoms with E-state index in [4.69, 9.17) is 4.74 Å². The average molecular weight is 363 g/mol. The molecule has 2 rings (SSSR count). The molecule has 5 heteroatoms. The Balaban J connectivity index is 1.65. The number of para-hydroxylation sites is 2. The van der Waals surface area contributed by atoms with E-state index in [9.17, 15) is 4.79 Å². The molecule has 0 atom stereocenters. The number of ether oxygens (including phenoxy) is 1. The van der Waals surface area contributed by atoms with Crippen LogP contribution in [0.1, 0.15) is 12.0 Å². The van der Waals surface area contributed by atoms with Gasteiger partial charge in [0, 0.05) is 11.0 Å². The molecule has 22 heavy (non-hydrogen) atoms. The molecule has 0 bridgehead atoms. The van der Waals surface area contributed by atoms with E-state index in [0.29, 0.717) is 13.2 Å². The van der Waals surface area contributed by atoms with Gasteiger partial charge in [-0.25, -0.2) is 4.79 Å². The Labute approximate surface area is 139 Å². The number of anilines is 1. The summed E-state index contributed by atoms with van der Waals surface area (Å²) in [6, 6.07) is 15.2. The first kappa shape index (κ1) is 16.4. The van der Waals surface area contributed by atoms with Crippen LogP contribution in [0.3, 0.4) is 0 Å². The number of carbonyl (C=O) groups is 1. The fraction of sp³-hybridized carbons (Fsp3) is 0.235. The van der Waals surface area contributed by atoms with Gasteiger partial charge in [-0.05, 0) is 53.0 Å². The average Bonchev–Trinajstić information content (AvgIpc) is 2.51. The van der Waals surface area contributed by atoms with Gasteiger partial charge in [-0.15, -0.1) is 0 Å². The van der Waals surface area contributed by atoms with Crippen molar-refractivity contribution >= 4 is 27.6 Å². The number of aryl methyl sites for hydroxylation is 1. The zero-order valence-electron chi connectivity index (χ0n) is 12.4. The second-order valence-corrected chi connectivity index (χ2v) is 5.68.